The summed E-state index contributed by atoms with van der Waals surface area (Å²) < 4.78 is 10.1. The van der Waals surface area contributed by atoms with E-state index < -0.39 is 5.97 Å². The molecule has 0 fully saturated rings. The average molecular weight is 708 g/mol. The minimum absolute atomic E-state index is 0. The summed E-state index contributed by atoms with van der Waals surface area (Å²) in [5.74, 6) is -0.359. The molecule has 1 N–H and O–H groups in total. The molecule has 6 heteroatoms. The number of aryl methyl sites for hydroxylation is 1. The SMILES string of the molecule is C=CC(=O)OCCC[CH2-].CCCc1ccc(-c2ccc(OC(=O)c3cc[c-]cc3)cc2C=N)cc1.[U+2]. The molecule has 0 bridgehead atoms. The van der Waals surface area contributed by atoms with E-state index in [1.807, 2.05) is 6.07 Å². The summed E-state index contributed by atoms with van der Waals surface area (Å²) in [4.78, 5) is 22.5. The molecule has 0 heterocycles. The van der Waals surface area contributed by atoms with Crippen LogP contribution in [0.15, 0.2) is 79.4 Å². The van der Waals surface area contributed by atoms with E-state index in [0.717, 1.165) is 42.9 Å². The van der Waals surface area contributed by atoms with Crippen LogP contribution in [0.2, 0.25) is 0 Å². The van der Waals surface area contributed by atoms with Gasteiger partial charge < -0.3 is 21.8 Å². The molecule has 36 heavy (non-hydrogen) atoms. The number of carbonyl (C=O) groups excluding carboxylic acids is 2. The smallest absolute Gasteiger partial charge is 0.463 e. The summed E-state index contributed by atoms with van der Waals surface area (Å²) in [6, 6.07) is 23.3. The summed E-state index contributed by atoms with van der Waals surface area (Å²) in [6.07, 6.45) is 6.23. The third-order valence-corrected chi connectivity index (χ3v) is 4.95. The van der Waals surface area contributed by atoms with Crippen LogP contribution in [-0.2, 0) is 16.0 Å². The zero-order valence-electron chi connectivity index (χ0n) is 20.6. The van der Waals surface area contributed by atoms with Gasteiger partial charge in [0.25, 0.3) is 0 Å². The molecule has 0 saturated carbocycles. The van der Waals surface area contributed by atoms with Crippen molar-refractivity contribution in [3.63, 3.8) is 0 Å². The molecular weight excluding hydrogens is 676 g/mol. The Morgan fingerprint density at radius 2 is 1.78 bits per heavy atom. The molecule has 3 rings (SSSR count). The summed E-state index contributed by atoms with van der Waals surface area (Å²) in [7, 11) is 0. The Labute approximate surface area is 237 Å². The van der Waals surface area contributed by atoms with Crippen molar-refractivity contribution in [1.29, 1.82) is 5.41 Å². The quantitative estimate of drug-likeness (QED) is 0.0640. The number of hydrogen-bond acceptors (Lipinski definition) is 5. The van der Waals surface area contributed by atoms with Crippen molar-refractivity contribution < 1.29 is 50.2 Å². The van der Waals surface area contributed by atoms with Gasteiger partial charge in [-0.15, -0.1) is 0 Å². The monoisotopic (exact) mass is 707 g/mol. The summed E-state index contributed by atoms with van der Waals surface area (Å²) >= 11 is 0. The minimum Gasteiger partial charge on any atom is -0.463 e. The molecule has 184 valence electrons. The molecule has 3 aromatic rings. The van der Waals surface area contributed by atoms with Gasteiger partial charge in [0.1, 0.15) is 5.75 Å². The van der Waals surface area contributed by atoms with Gasteiger partial charge in [-0.25, -0.2) is 9.59 Å². The van der Waals surface area contributed by atoms with Gasteiger partial charge in [-0.3, -0.25) is 0 Å². The standard InChI is InChI=1S/C23H20NO2.C7H11O2.U/c1-2-6-17-9-11-18(12-10-17)22-14-13-21(15-20(22)16-24)26-23(25)19-7-4-3-5-8-19;1-3-5-6-9-7(8)4-2;/h4-5,7-16,24H,2,6H2,1H3;4H,1-3,5-6H2;/q2*-1;+2. The number of hydrogen-bond donors (Lipinski definition) is 1. The van der Waals surface area contributed by atoms with Crippen LogP contribution in [0.5, 0.6) is 5.75 Å². The van der Waals surface area contributed by atoms with Crippen molar-refractivity contribution >= 4 is 18.2 Å². The number of nitrogens with one attached hydrogen (secondary N) is 1. The third-order valence-electron chi connectivity index (χ3n) is 4.95. The normalized spacial score (nSPS) is 9.61. The number of unbranched alkanes of at least 4 members (excludes halogenated alkanes) is 1. The second kappa shape index (κ2) is 17.5. The summed E-state index contributed by atoms with van der Waals surface area (Å²) in [5.41, 5.74) is 4.46. The van der Waals surface area contributed by atoms with E-state index in [1.165, 1.54) is 11.8 Å². The zero-order valence-corrected chi connectivity index (χ0v) is 24.8. The van der Waals surface area contributed by atoms with Gasteiger partial charge in [-0.2, -0.15) is 36.8 Å². The van der Waals surface area contributed by atoms with Gasteiger partial charge in [-0.05, 0) is 47.2 Å². The molecule has 3 aromatic carbocycles. The largest absolute Gasteiger partial charge is 2.00 e. The van der Waals surface area contributed by atoms with Crippen LogP contribution in [0.1, 0.15) is 47.7 Å². The first kappa shape index (κ1) is 31.1. The Morgan fingerprint density at radius 3 is 2.36 bits per heavy atom. The number of esters is 2. The van der Waals surface area contributed by atoms with E-state index in [2.05, 4.69) is 55.5 Å². The molecule has 0 aliphatic heterocycles. The first-order valence-corrected chi connectivity index (χ1v) is 11.5. The molecule has 0 aliphatic rings. The molecule has 0 aromatic heterocycles. The maximum Gasteiger partial charge on any atom is 2.00 e. The van der Waals surface area contributed by atoms with E-state index in [-0.39, 0.29) is 37.1 Å². The molecule has 0 aliphatic carbocycles. The first-order valence-electron chi connectivity index (χ1n) is 11.5. The Balaban J connectivity index is 0.000000557. The van der Waals surface area contributed by atoms with Crippen LogP contribution in [0, 0.1) is 49.5 Å². The molecule has 0 radical (unpaired) electrons. The number of ether oxygens (including phenoxy) is 2. The van der Waals surface area contributed by atoms with Crippen LogP contribution in [0.25, 0.3) is 11.1 Å². The van der Waals surface area contributed by atoms with Crippen LogP contribution < -0.4 is 4.74 Å². The number of rotatable bonds is 10. The molecule has 0 saturated heterocycles. The maximum atomic E-state index is 12.2. The molecule has 0 spiro atoms. The maximum absolute atomic E-state index is 12.2. The van der Waals surface area contributed by atoms with E-state index in [0.29, 0.717) is 23.5 Å². The van der Waals surface area contributed by atoms with E-state index >= 15 is 0 Å². The van der Waals surface area contributed by atoms with Crippen molar-refractivity contribution in [2.75, 3.05) is 6.61 Å². The van der Waals surface area contributed by atoms with E-state index in [9.17, 15) is 9.59 Å². The molecule has 0 amide bonds. The van der Waals surface area contributed by atoms with Crippen LogP contribution >= 0.6 is 0 Å². The van der Waals surface area contributed by atoms with Crippen molar-refractivity contribution in [2.45, 2.75) is 32.6 Å². The summed E-state index contributed by atoms with van der Waals surface area (Å²) in [6.45, 7) is 9.45. The van der Waals surface area contributed by atoms with Crippen molar-refractivity contribution in [3.05, 3.63) is 109 Å². The van der Waals surface area contributed by atoms with Crippen molar-refractivity contribution in [1.82, 2.24) is 0 Å². The Morgan fingerprint density at radius 1 is 1.08 bits per heavy atom. The van der Waals surface area contributed by atoms with Gasteiger partial charge in [0.15, 0.2) is 0 Å². The van der Waals surface area contributed by atoms with Gasteiger partial charge in [0, 0.05) is 17.9 Å². The number of carbonyl (C=O) groups is 2. The summed E-state index contributed by atoms with van der Waals surface area (Å²) in [5, 5.41) is 7.72. The van der Waals surface area contributed by atoms with E-state index in [1.54, 1.807) is 36.4 Å². The predicted molar refractivity (Wildman–Crippen MR) is 140 cm³/mol. The van der Waals surface area contributed by atoms with Gasteiger partial charge >= 0.3 is 43.1 Å². The van der Waals surface area contributed by atoms with Gasteiger partial charge in [0.05, 0.1) is 6.61 Å². The fraction of sp³-hybridized carbons (Fsp3) is 0.200. The second-order valence-corrected chi connectivity index (χ2v) is 7.60. The molecule has 0 unspecified atom stereocenters. The van der Waals surface area contributed by atoms with Gasteiger partial charge in [-0.1, -0.05) is 50.3 Å². The van der Waals surface area contributed by atoms with Crippen LogP contribution in [0.3, 0.4) is 0 Å². The zero-order chi connectivity index (χ0) is 25.5. The van der Waals surface area contributed by atoms with Crippen molar-refractivity contribution in [3.8, 4) is 16.9 Å². The Kier molecular flexibility index (Phi) is 15.1. The average Bonchev–Trinajstić information content (AvgIpc) is 2.90. The van der Waals surface area contributed by atoms with Crippen LogP contribution in [0.4, 0.5) is 0 Å². The minimum atomic E-state index is -0.424. The van der Waals surface area contributed by atoms with Crippen LogP contribution in [-0.4, -0.2) is 24.8 Å². The van der Waals surface area contributed by atoms with Crippen molar-refractivity contribution in [2.24, 2.45) is 0 Å². The molecule has 5 nitrogen and oxygen atoms in total. The van der Waals surface area contributed by atoms with Gasteiger partial charge in [0.2, 0.25) is 0 Å². The number of benzene rings is 3. The Hall–Kier alpha value is -2.94. The first-order chi connectivity index (χ1) is 17.0. The fourth-order valence-electron chi connectivity index (χ4n) is 3.15. The topological polar surface area (TPSA) is 76.5 Å². The molecule has 0 atom stereocenters. The third kappa shape index (κ3) is 10.4. The molecular formula is C30H31NO4U. The van der Waals surface area contributed by atoms with E-state index in [4.69, 9.17) is 10.1 Å². The Bertz CT molecular complexity index is 1110. The second-order valence-electron chi connectivity index (χ2n) is 7.60. The fourth-order valence-corrected chi connectivity index (χ4v) is 3.15. The predicted octanol–water partition coefficient (Wildman–Crippen LogP) is 6.65.